The smallest absolute Gasteiger partial charge is 0.127 e. The predicted molar refractivity (Wildman–Crippen MR) is 69.9 cm³/mol. The Balaban J connectivity index is 1.92. The molecule has 94 valence electrons. The van der Waals surface area contributed by atoms with E-state index in [0.717, 1.165) is 35.1 Å². The molecular weight excluding hydrogens is 250 g/mol. The highest BCUT2D eigenvalue weighted by molar-refractivity contribution is 6.30. The highest BCUT2D eigenvalue weighted by atomic mass is 35.5. The SMILES string of the molecule is NCc1ccn(Cc2cc(Cl)cc3c2OCC3)n1. The van der Waals surface area contributed by atoms with E-state index in [2.05, 4.69) is 5.10 Å². The maximum absolute atomic E-state index is 6.12. The lowest BCUT2D eigenvalue weighted by Crippen LogP contribution is -2.04. The Labute approximate surface area is 110 Å². The Morgan fingerprint density at radius 3 is 3.11 bits per heavy atom. The van der Waals surface area contributed by atoms with Gasteiger partial charge in [-0.05, 0) is 23.8 Å². The van der Waals surface area contributed by atoms with Crippen LogP contribution in [0.2, 0.25) is 5.02 Å². The lowest BCUT2D eigenvalue weighted by atomic mass is 10.1. The van der Waals surface area contributed by atoms with Gasteiger partial charge >= 0.3 is 0 Å². The van der Waals surface area contributed by atoms with Crippen LogP contribution < -0.4 is 10.5 Å². The third-order valence-electron chi connectivity index (χ3n) is 3.06. The van der Waals surface area contributed by atoms with Crippen molar-refractivity contribution in [3.05, 3.63) is 46.2 Å². The topological polar surface area (TPSA) is 53.1 Å². The van der Waals surface area contributed by atoms with Crippen LogP contribution in [-0.2, 0) is 19.5 Å². The summed E-state index contributed by atoms with van der Waals surface area (Å²) in [5.74, 6) is 0.962. The number of nitrogens with two attached hydrogens (primary N) is 1. The minimum atomic E-state index is 0.456. The van der Waals surface area contributed by atoms with Gasteiger partial charge in [0.15, 0.2) is 0 Å². The summed E-state index contributed by atoms with van der Waals surface area (Å²) in [6.45, 7) is 1.84. The minimum absolute atomic E-state index is 0.456. The summed E-state index contributed by atoms with van der Waals surface area (Å²) in [6, 6.07) is 5.84. The second-order valence-electron chi connectivity index (χ2n) is 4.36. The van der Waals surface area contributed by atoms with Crippen LogP contribution in [0.3, 0.4) is 0 Å². The molecule has 0 aliphatic carbocycles. The standard InChI is InChI=1S/C13H14ClN3O/c14-11-5-9-2-4-18-13(9)10(6-11)8-17-3-1-12(7-15)16-17/h1,3,5-6H,2,4,7-8,15H2. The maximum atomic E-state index is 6.12. The first-order chi connectivity index (χ1) is 8.76. The van der Waals surface area contributed by atoms with E-state index in [0.29, 0.717) is 13.1 Å². The van der Waals surface area contributed by atoms with Crippen LogP contribution in [0.25, 0.3) is 0 Å². The average Bonchev–Trinajstić information content (AvgIpc) is 2.97. The maximum Gasteiger partial charge on any atom is 0.127 e. The third-order valence-corrected chi connectivity index (χ3v) is 3.28. The van der Waals surface area contributed by atoms with E-state index >= 15 is 0 Å². The molecule has 0 saturated carbocycles. The molecule has 2 aromatic rings. The molecular formula is C13H14ClN3O. The molecule has 0 spiro atoms. The third kappa shape index (κ3) is 2.09. The fraction of sp³-hybridized carbons (Fsp3) is 0.308. The molecule has 0 atom stereocenters. The van der Waals surface area contributed by atoms with Crippen molar-refractivity contribution < 1.29 is 4.74 Å². The van der Waals surface area contributed by atoms with Gasteiger partial charge in [0, 0.05) is 29.7 Å². The van der Waals surface area contributed by atoms with E-state index in [1.165, 1.54) is 5.56 Å². The quantitative estimate of drug-likeness (QED) is 0.921. The zero-order valence-electron chi connectivity index (χ0n) is 9.90. The number of rotatable bonds is 3. The zero-order valence-corrected chi connectivity index (χ0v) is 10.7. The van der Waals surface area contributed by atoms with Crippen LogP contribution >= 0.6 is 11.6 Å². The van der Waals surface area contributed by atoms with Gasteiger partial charge in [-0.2, -0.15) is 5.10 Å². The molecule has 0 saturated heterocycles. The van der Waals surface area contributed by atoms with Crippen molar-refractivity contribution in [3.63, 3.8) is 0 Å². The molecule has 1 aromatic heterocycles. The molecule has 2 heterocycles. The summed E-state index contributed by atoms with van der Waals surface area (Å²) in [5, 5.41) is 5.12. The summed E-state index contributed by atoms with van der Waals surface area (Å²) in [4.78, 5) is 0. The van der Waals surface area contributed by atoms with Crippen LogP contribution in [0.5, 0.6) is 5.75 Å². The second kappa shape index (κ2) is 4.63. The summed E-state index contributed by atoms with van der Waals surface area (Å²) in [7, 11) is 0. The van der Waals surface area contributed by atoms with Gasteiger partial charge in [-0.15, -0.1) is 0 Å². The highest BCUT2D eigenvalue weighted by Gasteiger charge is 2.17. The predicted octanol–water partition coefficient (Wildman–Crippen LogP) is 1.98. The molecule has 4 nitrogen and oxygen atoms in total. The lowest BCUT2D eigenvalue weighted by molar-refractivity contribution is 0.352. The van der Waals surface area contributed by atoms with Crippen molar-refractivity contribution in [2.75, 3.05) is 6.61 Å². The van der Waals surface area contributed by atoms with E-state index in [-0.39, 0.29) is 0 Å². The van der Waals surface area contributed by atoms with Gasteiger partial charge in [0.05, 0.1) is 18.8 Å². The van der Waals surface area contributed by atoms with Gasteiger partial charge in [0.25, 0.3) is 0 Å². The highest BCUT2D eigenvalue weighted by Crippen LogP contribution is 2.33. The number of hydrogen-bond donors (Lipinski definition) is 1. The number of ether oxygens (including phenoxy) is 1. The number of benzene rings is 1. The van der Waals surface area contributed by atoms with Crippen LogP contribution in [0.1, 0.15) is 16.8 Å². The first kappa shape index (κ1) is 11.6. The van der Waals surface area contributed by atoms with E-state index in [1.54, 1.807) is 0 Å². The summed E-state index contributed by atoms with van der Waals surface area (Å²) in [5.41, 5.74) is 8.69. The molecule has 18 heavy (non-hydrogen) atoms. The van der Waals surface area contributed by atoms with Gasteiger partial charge in [-0.1, -0.05) is 11.6 Å². The molecule has 1 aromatic carbocycles. The number of nitrogens with zero attached hydrogens (tertiary/aromatic N) is 2. The first-order valence-corrected chi connectivity index (χ1v) is 6.30. The van der Waals surface area contributed by atoms with Crippen molar-refractivity contribution in [3.8, 4) is 5.75 Å². The van der Waals surface area contributed by atoms with Gasteiger partial charge < -0.3 is 10.5 Å². The molecule has 0 radical (unpaired) electrons. The minimum Gasteiger partial charge on any atom is -0.493 e. The van der Waals surface area contributed by atoms with Crippen molar-refractivity contribution in [2.45, 2.75) is 19.5 Å². The van der Waals surface area contributed by atoms with E-state index < -0.39 is 0 Å². The van der Waals surface area contributed by atoms with Gasteiger partial charge in [-0.3, -0.25) is 4.68 Å². The van der Waals surface area contributed by atoms with Crippen molar-refractivity contribution in [2.24, 2.45) is 5.73 Å². The molecule has 1 aliphatic heterocycles. The van der Waals surface area contributed by atoms with Gasteiger partial charge in [-0.25, -0.2) is 0 Å². The largest absolute Gasteiger partial charge is 0.493 e. The summed E-state index contributed by atoms with van der Waals surface area (Å²) in [6.07, 6.45) is 2.85. The van der Waals surface area contributed by atoms with Gasteiger partial charge in [0.1, 0.15) is 5.75 Å². The number of aromatic nitrogens is 2. The molecule has 1 aliphatic rings. The molecule has 5 heteroatoms. The molecule has 0 amide bonds. The number of halogens is 1. The Morgan fingerprint density at radius 1 is 1.44 bits per heavy atom. The zero-order chi connectivity index (χ0) is 12.5. The van der Waals surface area contributed by atoms with E-state index in [9.17, 15) is 0 Å². The number of hydrogen-bond acceptors (Lipinski definition) is 3. The molecule has 2 N–H and O–H groups in total. The molecule has 0 bridgehead atoms. The Hall–Kier alpha value is -1.52. The number of fused-ring (bicyclic) bond motifs is 1. The van der Waals surface area contributed by atoms with Crippen molar-refractivity contribution >= 4 is 11.6 Å². The van der Waals surface area contributed by atoms with Crippen LogP contribution in [-0.4, -0.2) is 16.4 Å². The summed E-state index contributed by atoms with van der Waals surface area (Å²) >= 11 is 6.12. The Kier molecular flexibility index (Phi) is 2.97. The Bertz CT molecular complexity index is 580. The Morgan fingerprint density at radius 2 is 2.33 bits per heavy atom. The normalized spacial score (nSPS) is 13.4. The van der Waals surface area contributed by atoms with E-state index in [4.69, 9.17) is 22.1 Å². The van der Waals surface area contributed by atoms with Crippen LogP contribution in [0.4, 0.5) is 0 Å². The monoisotopic (exact) mass is 263 g/mol. The van der Waals surface area contributed by atoms with Crippen LogP contribution in [0, 0.1) is 0 Å². The molecule has 3 rings (SSSR count). The van der Waals surface area contributed by atoms with Gasteiger partial charge in [0.2, 0.25) is 0 Å². The summed E-state index contributed by atoms with van der Waals surface area (Å²) < 4.78 is 7.52. The van der Waals surface area contributed by atoms with Crippen molar-refractivity contribution in [1.29, 1.82) is 0 Å². The first-order valence-electron chi connectivity index (χ1n) is 5.93. The molecule has 0 fully saturated rings. The fourth-order valence-corrected chi connectivity index (χ4v) is 2.50. The lowest BCUT2D eigenvalue weighted by Gasteiger charge is -2.09. The molecule has 0 unspecified atom stereocenters. The fourth-order valence-electron chi connectivity index (χ4n) is 2.24. The second-order valence-corrected chi connectivity index (χ2v) is 4.80. The van der Waals surface area contributed by atoms with E-state index in [1.807, 2.05) is 29.1 Å². The van der Waals surface area contributed by atoms with Crippen molar-refractivity contribution in [1.82, 2.24) is 9.78 Å². The average molecular weight is 264 g/mol. The van der Waals surface area contributed by atoms with Crippen LogP contribution in [0.15, 0.2) is 24.4 Å².